The van der Waals surface area contributed by atoms with E-state index < -0.39 is 47.4 Å². The topological polar surface area (TPSA) is 145 Å². The highest BCUT2D eigenvalue weighted by Crippen LogP contribution is 2.45. The first-order chi connectivity index (χ1) is 20.7. The molecule has 14 heteroatoms. The van der Waals surface area contributed by atoms with Crippen LogP contribution in [0.3, 0.4) is 0 Å². The number of imide groups is 1. The monoisotopic (exact) mass is 620 g/mol. The lowest BCUT2D eigenvalue weighted by Crippen LogP contribution is -2.58. The Balaban J connectivity index is 0.000000676. The number of aryl methyl sites for hydroxylation is 1. The summed E-state index contributed by atoms with van der Waals surface area (Å²) in [7, 11) is 1.28. The number of esters is 1. The number of rotatable bonds is 8. The molecular weight excluding hydrogens is 585 g/mol. The number of methoxy groups -OCH3 is 1. The van der Waals surface area contributed by atoms with E-state index in [1.807, 2.05) is 68.4 Å². The molecule has 2 heterocycles. The third kappa shape index (κ3) is 7.18. The van der Waals surface area contributed by atoms with Gasteiger partial charge in [-0.3, -0.25) is 24.6 Å². The zero-order chi connectivity index (χ0) is 32.8. The van der Waals surface area contributed by atoms with E-state index in [0.717, 1.165) is 11.1 Å². The van der Waals surface area contributed by atoms with Crippen LogP contribution in [-0.4, -0.2) is 82.6 Å². The number of ether oxygens (including phenoxy) is 1. The normalized spacial score (nSPS) is 22.5. The minimum Gasteiger partial charge on any atom is -0.475 e. The van der Waals surface area contributed by atoms with Gasteiger partial charge in [-0.15, -0.1) is 0 Å². The Labute approximate surface area is 252 Å². The number of likely N-dealkylation sites (tertiary alicyclic amines) is 1. The molecule has 0 aromatic heterocycles. The van der Waals surface area contributed by atoms with Crippen LogP contribution in [0.4, 0.5) is 23.7 Å². The zero-order valence-electron chi connectivity index (χ0n) is 24.7. The van der Waals surface area contributed by atoms with Gasteiger partial charge in [0.1, 0.15) is 5.54 Å². The number of carbonyl (C=O) groups is 5. The van der Waals surface area contributed by atoms with Crippen LogP contribution >= 0.6 is 0 Å². The maximum Gasteiger partial charge on any atom is 0.490 e. The fourth-order valence-electron chi connectivity index (χ4n) is 5.53. The molecule has 4 amide bonds. The summed E-state index contributed by atoms with van der Waals surface area (Å²) < 4.78 is 36.8. The predicted molar refractivity (Wildman–Crippen MR) is 152 cm³/mol. The van der Waals surface area contributed by atoms with E-state index in [9.17, 15) is 32.3 Å². The van der Waals surface area contributed by atoms with Crippen molar-refractivity contribution in [3.8, 4) is 0 Å². The number of urea groups is 1. The molecule has 0 bridgehead atoms. The summed E-state index contributed by atoms with van der Waals surface area (Å²) in [6.07, 6.45) is -4.82. The van der Waals surface area contributed by atoms with Gasteiger partial charge in [-0.1, -0.05) is 55.0 Å². The van der Waals surface area contributed by atoms with E-state index >= 15 is 0 Å². The van der Waals surface area contributed by atoms with Gasteiger partial charge < -0.3 is 20.1 Å². The lowest BCUT2D eigenvalue weighted by Gasteiger charge is -2.32. The summed E-state index contributed by atoms with van der Waals surface area (Å²) in [5.41, 5.74) is 1.20. The molecule has 0 radical (unpaired) electrons. The molecule has 2 saturated heterocycles. The zero-order valence-corrected chi connectivity index (χ0v) is 24.7. The number of nitrogens with zero attached hydrogens (tertiary/aromatic N) is 2. The van der Waals surface area contributed by atoms with Crippen molar-refractivity contribution < 1.29 is 47.0 Å². The number of anilines is 1. The average molecular weight is 621 g/mol. The molecule has 44 heavy (non-hydrogen) atoms. The highest BCUT2D eigenvalue weighted by atomic mass is 19.4. The number of likely N-dealkylation sites (N-methyl/N-ethyl adjacent to an activating group) is 1. The number of nitrogens with one attached hydrogen (secondary N) is 2. The predicted octanol–water partition coefficient (Wildman–Crippen LogP) is 3.58. The number of alkyl halides is 3. The third-order valence-corrected chi connectivity index (χ3v) is 7.77. The highest BCUT2D eigenvalue weighted by Gasteiger charge is 2.67. The highest BCUT2D eigenvalue weighted by molar-refractivity contribution is 6.09. The number of carbonyl (C=O) groups excluding carboxylic acids is 4. The largest absolute Gasteiger partial charge is 0.490 e. The van der Waals surface area contributed by atoms with E-state index in [-0.39, 0.29) is 31.4 Å². The van der Waals surface area contributed by atoms with E-state index in [1.165, 1.54) is 12.0 Å². The number of amides is 4. The Morgan fingerprint density at radius 2 is 1.64 bits per heavy atom. The molecule has 0 spiro atoms. The summed E-state index contributed by atoms with van der Waals surface area (Å²) in [5, 5.41) is 13.3. The van der Waals surface area contributed by atoms with Crippen LogP contribution in [0.2, 0.25) is 0 Å². The summed E-state index contributed by atoms with van der Waals surface area (Å²) in [6.45, 7) is 6.26. The van der Waals surface area contributed by atoms with Gasteiger partial charge in [0.25, 0.3) is 0 Å². The molecule has 11 nitrogen and oxygen atoms in total. The molecule has 2 aromatic rings. The molecule has 2 aliphatic heterocycles. The van der Waals surface area contributed by atoms with Crippen LogP contribution in [0.25, 0.3) is 0 Å². The number of halogens is 3. The number of hydrogen-bond donors (Lipinski definition) is 3. The van der Waals surface area contributed by atoms with Crippen LogP contribution in [-0.2, 0) is 30.5 Å². The molecule has 4 atom stereocenters. The van der Waals surface area contributed by atoms with E-state index in [1.54, 1.807) is 11.8 Å². The van der Waals surface area contributed by atoms with Gasteiger partial charge in [-0.25, -0.2) is 9.59 Å². The second kappa shape index (κ2) is 13.9. The number of hydrogen-bond acceptors (Lipinski definition) is 7. The van der Waals surface area contributed by atoms with Gasteiger partial charge in [0.15, 0.2) is 0 Å². The molecule has 238 valence electrons. The third-order valence-electron chi connectivity index (χ3n) is 7.77. The Bertz CT molecular complexity index is 1370. The van der Waals surface area contributed by atoms with Crippen LogP contribution in [0.15, 0.2) is 54.6 Å². The Morgan fingerprint density at radius 3 is 2.14 bits per heavy atom. The van der Waals surface area contributed by atoms with Gasteiger partial charge in [0, 0.05) is 24.8 Å². The van der Waals surface area contributed by atoms with E-state index in [0.29, 0.717) is 12.2 Å². The van der Waals surface area contributed by atoms with E-state index in [4.69, 9.17) is 14.6 Å². The van der Waals surface area contributed by atoms with Gasteiger partial charge in [-0.05, 0) is 38.0 Å². The minimum atomic E-state index is -5.08. The van der Waals surface area contributed by atoms with Gasteiger partial charge >= 0.3 is 24.1 Å². The van der Waals surface area contributed by atoms with Gasteiger partial charge in [-0.2, -0.15) is 13.2 Å². The summed E-state index contributed by atoms with van der Waals surface area (Å²) in [5.74, 6) is -5.78. The maximum atomic E-state index is 13.7. The second-order valence-corrected chi connectivity index (χ2v) is 10.5. The second-order valence-electron chi connectivity index (χ2n) is 10.5. The quantitative estimate of drug-likeness (QED) is 0.300. The molecule has 4 rings (SSSR count). The van der Waals surface area contributed by atoms with Crippen molar-refractivity contribution in [1.82, 2.24) is 15.1 Å². The van der Waals surface area contributed by atoms with Crippen molar-refractivity contribution >= 4 is 35.5 Å². The van der Waals surface area contributed by atoms with Crippen molar-refractivity contribution in [1.29, 1.82) is 0 Å². The smallest absolute Gasteiger partial charge is 0.475 e. The fraction of sp³-hybridized carbons (Fsp3) is 0.433. The number of benzene rings is 2. The minimum absolute atomic E-state index is 0.130. The first-order valence-electron chi connectivity index (χ1n) is 13.9. The van der Waals surface area contributed by atoms with Crippen molar-refractivity contribution in [3.05, 3.63) is 65.7 Å². The average Bonchev–Trinajstić information content (AvgIpc) is 3.46. The lowest BCUT2D eigenvalue weighted by atomic mass is 9.78. The molecule has 2 aromatic carbocycles. The lowest BCUT2D eigenvalue weighted by molar-refractivity contribution is -0.192. The van der Waals surface area contributed by atoms with Crippen LogP contribution in [0, 0.1) is 18.8 Å². The first-order valence-corrected chi connectivity index (χ1v) is 13.9. The van der Waals surface area contributed by atoms with Gasteiger partial charge in [0.05, 0.1) is 25.5 Å². The SMILES string of the molecule is CCN(C[C@H]1N[C@@](CC)(C(=O)OC)[C@H]2C(=O)N(Cc3ccccc3)C(=O)[C@@H]12)C(=O)Nc1ccc(C)cc1.O=C(O)C(F)(F)F. The fourth-order valence-corrected chi connectivity index (χ4v) is 5.53. The molecule has 0 aliphatic carbocycles. The summed E-state index contributed by atoms with van der Waals surface area (Å²) in [6, 6.07) is 15.8. The summed E-state index contributed by atoms with van der Waals surface area (Å²) in [4.78, 5) is 65.3. The van der Waals surface area contributed by atoms with Crippen molar-refractivity contribution in [2.75, 3.05) is 25.5 Å². The van der Waals surface area contributed by atoms with Crippen LogP contribution in [0.5, 0.6) is 0 Å². The van der Waals surface area contributed by atoms with Crippen LogP contribution in [0.1, 0.15) is 31.4 Å². The van der Waals surface area contributed by atoms with Crippen molar-refractivity contribution in [2.45, 2.75) is 51.5 Å². The molecule has 0 saturated carbocycles. The number of aliphatic carboxylic acids is 1. The number of carboxylic acid groups (broad SMARTS) is 1. The standard InChI is InChI=1S/C28H34N4O5.C2HF3O2/c1-5-28(26(35)37-4)23-22(24(33)32(25(23)34)16-19-10-8-7-9-11-19)21(30-28)17-31(6-2)27(36)29-20-14-12-18(3)13-15-20;3-2(4,5)1(6)7/h7-15,21-23,30H,5-6,16-17H2,1-4H3,(H,29,36);(H,6,7)/t21-,22+,23-,28-;/m1./s1. The maximum absolute atomic E-state index is 13.7. The molecule has 0 unspecified atom stereocenters. The molecule has 2 fully saturated rings. The molecule has 3 N–H and O–H groups in total. The van der Waals surface area contributed by atoms with Gasteiger partial charge in [0.2, 0.25) is 11.8 Å². The van der Waals surface area contributed by atoms with E-state index in [2.05, 4.69) is 10.6 Å². The Kier molecular flexibility index (Phi) is 10.7. The van der Waals surface area contributed by atoms with Crippen molar-refractivity contribution in [3.63, 3.8) is 0 Å². The number of carboxylic acids is 1. The van der Waals surface area contributed by atoms with Crippen LogP contribution < -0.4 is 10.6 Å². The number of fused-ring (bicyclic) bond motifs is 1. The molecule has 2 aliphatic rings. The Hall–Kier alpha value is -4.46. The Morgan fingerprint density at radius 1 is 1.05 bits per heavy atom. The summed E-state index contributed by atoms with van der Waals surface area (Å²) >= 11 is 0. The molecular formula is C30H35F3N4O7. The first kappa shape index (κ1) is 34.0. The van der Waals surface area contributed by atoms with Crippen molar-refractivity contribution in [2.24, 2.45) is 11.8 Å².